The van der Waals surface area contributed by atoms with Crippen molar-refractivity contribution in [3.8, 4) is 22.8 Å². The van der Waals surface area contributed by atoms with Gasteiger partial charge in [0.25, 0.3) is 5.91 Å². The summed E-state index contributed by atoms with van der Waals surface area (Å²) in [5.74, 6) is -1.86. The fraction of sp³-hybridized carbons (Fsp3) is 0.488. The number of ether oxygens (including phenoxy) is 3. The lowest BCUT2D eigenvalue weighted by atomic mass is 9.97. The first-order chi connectivity index (χ1) is 26.5. The average Bonchev–Trinajstić information content (AvgIpc) is 4.09. The smallest absolute Gasteiger partial charge is 0.408 e. The molecule has 3 aliphatic rings. The number of fused-ring (bicyclic) bond motifs is 1. The molecule has 2 saturated carbocycles. The molecule has 2 heterocycles. The molecular weight excluding hydrogens is 739 g/mol. The molecule has 3 fully saturated rings. The van der Waals surface area contributed by atoms with Crippen LogP contribution in [0.5, 0.6) is 11.5 Å². The third-order valence-electron chi connectivity index (χ3n) is 10.6. The molecule has 56 heavy (non-hydrogen) atoms. The summed E-state index contributed by atoms with van der Waals surface area (Å²) in [6.45, 7) is 12.6. The van der Waals surface area contributed by atoms with Gasteiger partial charge < -0.3 is 29.7 Å². The first-order valence-corrected chi connectivity index (χ1v) is 20.5. The van der Waals surface area contributed by atoms with E-state index in [0.717, 1.165) is 5.56 Å². The quantitative estimate of drug-likeness (QED) is 0.191. The van der Waals surface area contributed by atoms with Crippen molar-refractivity contribution in [1.82, 2.24) is 25.2 Å². The van der Waals surface area contributed by atoms with E-state index in [2.05, 4.69) is 21.9 Å². The molecule has 3 N–H and O–H groups in total. The minimum absolute atomic E-state index is 0.0225. The van der Waals surface area contributed by atoms with E-state index in [1.54, 1.807) is 40.0 Å². The number of likely N-dealkylation sites (tertiary alicyclic amines) is 1. The van der Waals surface area contributed by atoms with Crippen LogP contribution < -0.4 is 24.8 Å². The highest BCUT2D eigenvalue weighted by Crippen LogP contribution is 2.45. The summed E-state index contributed by atoms with van der Waals surface area (Å²) in [4.78, 5) is 61.9. The minimum atomic E-state index is -3.91. The summed E-state index contributed by atoms with van der Waals surface area (Å²) in [6.07, 6.45) is 1.59. The number of hydrogen-bond acceptors (Lipinski definition) is 10. The van der Waals surface area contributed by atoms with E-state index < -0.39 is 74.3 Å². The number of benzene rings is 2. The van der Waals surface area contributed by atoms with Crippen LogP contribution in [0.15, 0.2) is 67.3 Å². The highest BCUT2D eigenvalue weighted by atomic mass is 32.2. The van der Waals surface area contributed by atoms with Gasteiger partial charge in [0.1, 0.15) is 40.8 Å². The number of carbonyl (C=O) groups is 4. The highest BCUT2D eigenvalue weighted by Gasteiger charge is 2.62. The number of nitrogens with one attached hydrogen (secondary N) is 3. The third-order valence-corrected chi connectivity index (χ3v) is 12.4. The van der Waals surface area contributed by atoms with E-state index in [1.807, 2.05) is 56.3 Å². The predicted molar refractivity (Wildman–Crippen MR) is 210 cm³/mol. The molecule has 2 aromatic carbocycles. The van der Waals surface area contributed by atoms with E-state index in [-0.39, 0.29) is 25.3 Å². The number of nitrogens with zero attached hydrogens (tertiary/aromatic N) is 2. The molecule has 6 rings (SSSR count). The van der Waals surface area contributed by atoms with Crippen LogP contribution in [0.4, 0.5) is 4.79 Å². The number of sulfonamides is 1. The molecule has 2 aliphatic carbocycles. The Balaban J connectivity index is 1.34. The van der Waals surface area contributed by atoms with Crippen LogP contribution in [0, 0.1) is 11.8 Å². The lowest BCUT2D eigenvalue weighted by molar-refractivity contribution is -0.142. The van der Waals surface area contributed by atoms with Crippen LogP contribution in [-0.2, 0) is 29.1 Å². The Kier molecular flexibility index (Phi) is 11.4. The summed E-state index contributed by atoms with van der Waals surface area (Å²) >= 11 is 0. The largest absolute Gasteiger partial charge is 0.497 e. The Bertz CT molecular complexity index is 2120. The average molecular weight is 790 g/mol. The molecule has 6 unspecified atom stereocenters. The molecule has 1 aliphatic heterocycles. The summed E-state index contributed by atoms with van der Waals surface area (Å²) in [5.41, 5.74) is -0.299. The van der Waals surface area contributed by atoms with Crippen LogP contribution >= 0.6 is 0 Å². The van der Waals surface area contributed by atoms with Crippen molar-refractivity contribution in [2.24, 2.45) is 11.8 Å². The number of hydrogen-bond donors (Lipinski definition) is 3. The molecule has 3 aromatic rings. The van der Waals surface area contributed by atoms with Gasteiger partial charge in [0.05, 0.1) is 30.1 Å². The Morgan fingerprint density at radius 2 is 1.80 bits per heavy atom. The van der Waals surface area contributed by atoms with Crippen LogP contribution in [0.1, 0.15) is 66.7 Å². The topological polar surface area (TPSA) is 182 Å². The zero-order chi connectivity index (χ0) is 40.6. The molecule has 14 nitrogen and oxygen atoms in total. The van der Waals surface area contributed by atoms with Gasteiger partial charge in [-0.15, -0.1) is 6.58 Å². The van der Waals surface area contributed by atoms with Crippen molar-refractivity contribution in [3.05, 3.63) is 67.3 Å². The second-order valence-corrected chi connectivity index (χ2v) is 17.9. The number of pyridine rings is 1. The summed E-state index contributed by atoms with van der Waals surface area (Å²) < 4.78 is 45.4. The maximum atomic E-state index is 14.6. The number of rotatable bonds is 14. The van der Waals surface area contributed by atoms with Gasteiger partial charge in [-0.1, -0.05) is 56.7 Å². The molecule has 4 amide bonds. The van der Waals surface area contributed by atoms with Crippen molar-refractivity contribution in [1.29, 1.82) is 0 Å². The summed E-state index contributed by atoms with van der Waals surface area (Å²) in [5, 5.41) is 5.58. The van der Waals surface area contributed by atoms with E-state index in [9.17, 15) is 27.6 Å². The standard InChI is InChI=1S/C41H51N5O9S/c1-8-24(3)35(43-39(50)55-40(4,5)6)37(48)46-23-28(20-33(46)36(47)44-41(22-26(41)9-2)38(49)45-56(51,52)29-16-17-29)54-34-21-31(25-13-11-10-12-14-25)42-32-19-27(53-7)15-18-30(32)34/h9-15,18-19,21,24,26,28-29,33,35H,2,8,16-17,20,22-23H2,1,3-7H3,(H,43,50)(H,44,47)(H,45,49). The van der Waals surface area contributed by atoms with Crippen molar-refractivity contribution >= 4 is 44.7 Å². The van der Waals surface area contributed by atoms with Gasteiger partial charge in [0.2, 0.25) is 21.8 Å². The van der Waals surface area contributed by atoms with Gasteiger partial charge in [-0.2, -0.15) is 0 Å². The number of alkyl carbamates (subject to hydrolysis) is 1. The van der Waals surface area contributed by atoms with Crippen molar-refractivity contribution in [2.75, 3.05) is 13.7 Å². The fourth-order valence-electron chi connectivity index (χ4n) is 7.03. The lowest BCUT2D eigenvalue weighted by Gasteiger charge is -2.32. The van der Waals surface area contributed by atoms with Crippen LogP contribution in [0.2, 0.25) is 0 Å². The molecule has 0 radical (unpaired) electrons. The molecule has 300 valence electrons. The second kappa shape index (κ2) is 15.8. The SMILES string of the molecule is C=CC1CC1(NC(=O)C1CC(Oc2cc(-c3ccccc3)nc3cc(OC)ccc23)CN1C(=O)C(NC(=O)OC(C)(C)C)C(C)CC)C(=O)NS(=O)(=O)C1CC1. The molecule has 6 atom stereocenters. The fourth-order valence-corrected chi connectivity index (χ4v) is 8.39. The summed E-state index contributed by atoms with van der Waals surface area (Å²) in [6, 6.07) is 14.6. The molecule has 15 heteroatoms. The molecule has 1 saturated heterocycles. The van der Waals surface area contributed by atoms with E-state index in [4.69, 9.17) is 19.2 Å². The van der Waals surface area contributed by atoms with Gasteiger partial charge in [-0.3, -0.25) is 19.1 Å². The number of carbonyl (C=O) groups excluding carboxylic acids is 4. The Morgan fingerprint density at radius 1 is 1.09 bits per heavy atom. The highest BCUT2D eigenvalue weighted by molar-refractivity contribution is 7.91. The zero-order valence-electron chi connectivity index (χ0n) is 32.7. The van der Waals surface area contributed by atoms with Crippen molar-refractivity contribution in [3.63, 3.8) is 0 Å². The van der Waals surface area contributed by atoms with Gasteiger partial charge in [-0.05, 0) is 58.1 Å². The third kappa shape index (κ3) is 8.77. The molecule has 1 aromatic heterocycles. The molecule has 0 spiro atoms. The lowest BCUT2D eigenvalue weighted by Crippen LogP contribution is -2.59. The number of amides is 4. The van der Waals surface area contributed by atoms with E-state index in [1.165, 1.54) is 11.0 Å². The molecule has 0 bridgehead atoms. The van der Waals surface area contributed by atoms with Gasteiger partial charge in [0.15, 0.2) is 0 Å². The maximum absolute atomic E-state index is 14.6. The normalized spacial score (nSPS) is 23.0. The van der Waals surface area contributed by atoms with Crippen LogP contribution in [0.25, 0.3) is 22.2 Å². The van der Waals surface area contributed by atoms with Crippen LogP contribution in [-0.4, -0.2) is 90.3 Å². The zero-order valence-corrected chi connectivity index (χ0v) is 33.5. The number of aromatic nitrogens is 1. The van der Waals surface area contributed by atoms with Gasteiger partial charge in [-0.25, -0.2) is 18.2 Å². The van der Waals surface area contributed by atoms with E-state index >= 15 is 0 Å². The Morgan fingerprint density at radius 3 is 2.41 bits per heavy atom. The Labute approximate surface area is 327 Å². The Hall–Kier alpha value is -5.18. The second-order valence-electron chi connectivity index (χ2n) is 15.9. The van der Waals surface area contributed by atoms with Crippen molar-refractivity contribution in [2.45, 2.75) is 101 Å². The predicted octanol–water partition coefficient (Wildman–Crippen LogP) is 4.87. The summed E-state index contributed by atoms with van der Waals surface area (Å²) in [7, 11) is -2.35. The van der Waals surface area contributed by atoms with Crippen LogP contribution in [0.3, 0.4) is 0 Å². The van der Waals surface area contributed by atoms with E-state index in [0.29, 0.717) is 47.4 Å². The molecular formula is C41H51N5O9S. The van der Waals surface area contributed by atoms with Gasteiger partial charge >= 0.3 is 6.09 Å². The number of methoxy groups -OCH3 is 1. The first-order valence-electron chi connectivity index (χ1n) is 19.0. The minimum Gasteiger partial charge on any atom is -0.497 e. The first kappa shape index (κ1) is 40.5. The van der Waals surface area contributed by atoms with Crippen molar-refractivity contribution < 1.29 is 41.8 Å². The monoisotopic (exact) mass is 789 g/mol. The maximum Gasteiger partial charge on any atom is 0.408 e. The van der Waals surface area contributed by atoms with Gasteiger partial charge in [0, 0.05) is 35.4 Å².